The Kier molecular flexibility index (Phi) is 5.99. The lowest BCUT2D eigenvalue weighted by Gasteiger charge is -2.16. The number of hydrogen-bond donors (Lipinski definition) is 1. The molecule has 1 N–H and O–H groups in total. The van der Waals surface area contributed by atoms with Crippen LogP contribution in [0.4, 0.5) is 10.1 Å². The van der Waals surface area contributed by atoms with Crippen LogP contribution in [0.5, 0.6) is 5.75 Å². The fourth-order valence-electron chi connectivity index (χ4n) is 2.84. The number of nitrogens with one attached hydrogen (secondary N) is 1. The Morgan fingerprint density at radius 3 is 2.75 bits per heavy atom. The number of aryl methyl sites for hydroxylation is 1. The van der Waals surface area contributed by atoms with Crippen molar-refractivity contribution in [2.75, 3.05) is 5.32 Å². The third kappa shape index (κ3) is 4.51. The molecule has 1 atom stereocenters. The molecule has 1 aromatic heterocycles. The lowest BCUT2D eigenvalue weighted by molar-refractivity contribution is -0.122. The molecular formula is C21H19ClFNO4. The predicted octanol–water partition coefficient (Wildman–Crippen LogP) is 4.94. The van der Waals surface area contributed by atoms with Gasteiger partial charge in [-0.25, -0.2) is 9.18 Å². The normalized spacial score (nSPS) is 12.0. The van der Waals surface area contributed by atoms with Gasteiger partial charge in [0.15, 0.2) is 6.10 Å². The van der Waals surface area contributed by atoms with Crippen LogP contribution in [0.3, 0.4) is 0 Å². The predicted molar refractivity (Wildman–Crippen MR) is 107 cm³/mol. The van der Waals surface area contributed by atoms with E-state index in [1.807, 2.05) is 6.92 Å². The summed E-state index contributed by atoms with van der Waals surface area (Å²) in [7, 11) is 0. The SMILES string of the molecule is CCCc1cc(=O)oc2cc(O[C@@H](C)C(=O)Nc3ccc(F)cc3Cl)ccc12. The summed E-state index contributed by atoms with van der Waals surface area (Å²) in [6.07, 6.45) is 0.809. The number of amides is 1. The highest BCUT2D eigenvalue weighted by Gasteiger charge is 2.17. The third-order valence-corrected chi connectivity index (χ3v) is 4.50. The number of halogens is 2. The lowest BCUT2D eigenvalue weighted by Crippen LogP contribution is -2.30. The van der Waals surface area contributed by atoms with Gasteiger partial charge in [-0.3, -0.25) is 4.79 Å². The highest BCUT2D eigenvalue weighted by Crippen LogP contribution is 2.25. The number of rotatable bonds is 6. The molecule has 28 heavy (non-hydrogen) atoms. The molecule has 3 rings (SSSR count). The van der Waals surface area contributed by atoms with Gasteiger partial charge in [0.1, 0.15) is 17.1 Å². The van der Waals surface area contributed by atoms with Gasteiger partial charge < -0.3 is 14.5 Å². The van der Waals surface area contributed by atoms with Crippen LogP contribution in [0.25, 0.3) is 11.0 Å². The molecule has 0 saturated heterocycles. The second kappa shape index (κ2) is 8.44. The zero-order chi connectivity index (χ0) is 20.3. The van der Waals surface area contributed by atoms with Crippen molar-refractivity contribution in [2.45, 2.75) is 32.8 Å². The minimum atomic E-state index is -0.857. The number of fused-ring (bicyclic) bond motifs is 1. The van der Waals surface area contributed by atoms with Crippen LogP contribution in [0, 0.1) is 5.82 Å². The maximum Gasteiger partial charge on any atom is 0.336 e. The molecule has 0 fully saturated rings. The molecule has 0 aliphatic carbocycles. The van der Waals surface area contributed by atoms with E-state index >= 15 is 0 Å². The summed E-state index contributed by atoms with van der Waals surface area (Å²) in [6.45, 7) is 3.60. The van der Waals surface area contributed by atoms with E-state index < -0.39 is 23.5 Å². The van der Waals surface area contributed by atoms with Gasteiger partial charge in [-0.2, -0.15) is 0 Å². The number of anilines is 1. The Hall–Kier alpha value is -2.86. The van der Waals surface area contributed by atoms with Gasteiger partial charge in [-0.1, -0.05) is 24.9 Å². The summed E-state index contributed by atoms with van der Waals surface area (Å²) >= 11 is 5.92. The number of benzene rings is 2. The quantitative estimate of drug-likeness (QED) is 0.591. The highest BCUT2D eigenvalue weighted by molar-refractivity contribution is 6.33. The molecule has 5 nitrogen and oxygen atoms in total. The molecule has 3 aromatic rings. The van der Waals surface area contributed by atoms with E-state index in [1.165, 1.54) is 18.2 Å². The maximum atomic E-state index is 13.1. The molecule has 0 spiro atoms. The largest absolute Gasteiger partial charge is 0.481 e. The Balaban J connectivity index is 1.77. The molecule has 0 bridgehead atoms. The van der Waals surface area contributed by atoms with E-state index in [4.69, 9.17) is 20.8 Å². The summed E-state index contributed by atoms with van der Waals surface area (Å²) in [4.78, 5) is 24.1. The fourth-order valence-corrected chi connectivity index (χ4v) is 3.06. The van der Waals surface area contributed by atoms with Crippen LogP contribution in [-0.2, 0) is 11.2 Å². The summed E-state index contributed by atoms with van der Waals surface area (Å²) in [6, 6.07) is 10.3. The summed E-state index contributed by atoms with van der Waals surface area (Å²) in [5.41, 5.74) is 1.18. The number of ether oxygens (including phenoxy) is 1. The fraction of sp³-hybridized carbons (Fsp3) is 0.238. The minimum absolute atomic E-state index is 0.0940. The van der Waals surface area contributed by atoms with Gasteiger partial charge in [0.05, 0.1) is 10.7 Å². The van der Waals surface area contributed by atoms with Gasteiger partial charge in [0.25, 0.3) is 5.91 Å². The first-order valence-electron chi connectivity index (χ1n) is 8.86. The van der Waals surface area contributed by atoms with E-state index in [0.29, 0.717) is 11.3 Å². The van der Waals surface area contributed by atoms with Crippen LogP contribution in [-0.4, -0.2) is 12.0 Å². The van der Waals surface area contributed by atoms with Crippen molar-refractivity contribution in [3.63, 3.8) is 0 Å². The standard InChI is InChI=1S/C21H19ClFNO4/c1-3-4-13-9-20(25)28-19-11-15(6-7-16(13)19)27-12(2)21(26)24-18-8-5-14(23)10-17(18)22/h5-12H,3-4H2,1-2H3,(H,24,26)/t12-/m0/s1. The summed E-state index contributed by atoms with van der Waals surface area (Å²) in [5, 5.41) is 3.52. The van der Waals surface area contributed by atoms with E-state index in [0.717, 1.165) is 29.9 Å². The summed E-state index contributed by atoms with van der Waals surface area (Å²) < 4.78 is 24.0. The van der Waals surface area contributed by atoms with E-state index in [-0.39, 0.29) is 10.7 Å². The number of carbonyl (C=O) groups excluding carboxylic acids is 1. The smallest absolute Gasteiger partial charge is 0.336 e. The second-order valence-electron chi connectivity index (χ2n) is 6.37. The van der Waals surface area contributed by atoms with Gasteiger partial charge in [0.2, 0.25) is 0 Å². The van der Waals surface area contributed by atoms with E-state index in [1.54, 1.807) is 25.1 Å². The van der Waals surface area contributed by atoms with Crippen LogP contribution < -0.4 is 15.7 Å². The Morgan fingerprint density at radius 1 is 1.25 bits per heavy atom. The number of carbonyl (C=O) groups is 1. The second-order valence-corrected chi connectivity index (χ2v) is 6.78. The molecule has 2 aromatic carbocycles. The van der Waals surface area contributed by atoms with Crippen molar-refractivity contribution in [1.29, 1.82) is 0 Å². The Labute approximate surface area is 166 Å². The van der Waals surface area contributed by atoms with Crippen LogP contribution in [0.1, 0.15) is 25.8 Å². The highest BCUT2D eigenvalue weighted by atomic mass is 35.5. The molecule has 0 saturated carbocycles. The zero-order valence-corrected chi connectivity index (χ0v) is 16.2. The van der Waals surface area contributed by atoms with Crippen molar-refractivity contribution in [2.24, 2.45) is 0 Å². The van der Waals surface area contributed by atoms with Crippen molar-refractivity contribution in [1.82, 2.24) is 0 Å². The average molecular weight is 404 g/mol. The van der Waals surface area contributed by atoms with Gasteiger partial charge in [-0.15, -0.1) is 0 Å². The summed E-state index contributed by atoms with van der Waals surface area (Å²) in [5.74, 6) is -0.556. The van der Waals surface area contributed by atoms with Gasteiger partial charge in [0, 0.05) is 17.5 Å². The van der Waals surface area contributed by atoms with Crippen molar-refractivity contribution < 1.29 is 18.3 Å². The molecule has 1 amide bonds. The van der Waals surface area contributed by atoms with Crippen molar-refractivity contribution in [3.8, 4) is 5.75 Å². The topological polar surface area (TPSA) is 68.5 Å². The maximum absolute atomic E-state index is 13.1. The first kappa shape index (κ1) is 19.9. The Morgan fingerprint density at radius 2 is 2.04 bits per heavy atom. The molecule has 0 radical (unpaired) electrons. The molecule has 0 aliphatic rings. The van der Waals surface area contributed by atoms with Crippen LogP contribution >= 0.6 is 11.6 Å². The van der Waals surface area contributed by atoms with Crippen LogP contribution in [0.2, 0.25) is 5.02 Å². The first-order valence-corrected chi connectivity index (χ1v) is 9.24. The lowest BCUT2D eigenvalue weighted by atomic mass is 10.1. The van der Waals surface area contributed by atoms with E-state index in [9.17, 15) is 14.0 Å². The van der Waals surface area contributed by atoms with Crippen molar-refractivity contribution >= 4 is 34.2 Å². The first-order chi connectivity index (χ1) is 13.4. The van der Waals surface area contributed by atoms with Gasteiger partial charge >= 0.3 is 5.63 Å². The number of hydrogen-bond acceptors (Lipinski definition) is 4. The average Bonchev–Trinajstić information content (AvgIpc) is 2.63. The molecule has 1 heterocycles. The van der Waals surface area contributed by atoms with E-state index in [2.05, 4.69) is 5.32 Å². The third-order valence-electron chi connectivity index (χ3n) is 4.19. The zero-order valence-electron chi connectivity index (χ0n) is 15.4. The van der Waals surface area contributed by atoms with Gasteiger partial charge in [-0.05, 0) is 49.2 Å². The minimum Gasteiger partial charge on any atom is -0.481 e. The molecule has 146 valence electrons. The monoisotopic (exact) mass is 403 g/mol. The Bertz CT molecular complexity index is 1080. The van der Waals surface area contributed by atoms with Crippen molar-refractivity contribution in [3.05, 3.63) is 69.3 Å². The molecule has 7 heteroatoms. The molecule has 0 unspecified atom stereocenters. The molecule has 0 aliphatic heterocycles. The van der Waals surface area contributed by atoms with Crippen LogP contribution in [0.15, 0.2) is 51.7 Å². The molecular weight excluding hydrogens is 385 g/mol.